The van der Waals surface area contributed by atoms with Gasteiger partial charge in [-0.2, -0.15) is 10.1 Å². The predicted octanol–water partition coefficient (Wildman–Crippen LogP) is 5.50. The van der Waals surface area contributed by atoms with Crippen LogP contribution in [-0.4, -0.2) is 29.6 Å². The highest BCUT2D eigenvalue weighted by atomic mass is 35.5. The summed E-state index contributed by atoms with van der Waals surface area (Å²) in [6.07, 6.45) is 7.62. The van der Waals surface area contributed by atoms with Gasteiger partial charge < -0.3 is 9.47 Å². The molecule has 2 aromatic carbocycles. The number of halogens is 2. The summed E-state index contributed by atoms with van der Waals surface area (Å²) in [5.74, 6) is 0.415. The Balaban J connectivity index is 1.32. The number of imide groups is 1. The van der Waals surface area contributed by atoms with E-state index in [1.54, 1.807) is 30.3 Å². The largest absolute Gasteiger partial charge is 0.490 e. The molecule has 4 unspecified atom stereocenters. The van der Waals surface area contributed by atoms with Crippen LogP contribution in [0.2, 0.25) is 10.0 Å². The average Bonchev–Trinajstić information content (AvgIpc) is 3.11. The van der Waals surface area contributed by atoms with Crippen LogP contribution in [0.1, 0.15) is 30.9 Å². The maximum Gasteiger partial charge on any atom is 0.254 e. The molecule has 2 aromatic rings. The standard InChI is InChI=1S/C26H24Cl2N2O4/c1-2-33-22-11-15(3-10-21(22)34-14-18-8-9-19(27)12-20(18)28)13-29-30-25(31)23-16-4-5-17(7-6-16)24(23)26(30)32/h3-5,8-13,16-17,23-24H,2,6-7,14H2,1H3. The van der Waals surface area contributed by atoms with E-state index >= 15 is 0 Å². The van der Waals surface area contributed by atoms with Gasteiger partial charge in [0.15, 0.2) is 11.5 Å². The van der Waals surface area contributed by atoms with Crippen LogP contribution in [0.3, 0.4) is 0 Å². The number of fused-ring (bicyclic) bond motifs is 1. The summed E-state index contributed by atoms with van der Waals surface area (Å²) < 4.78 is 11.7. The Morgan fingerprint density at radius 1 is 0.971 bits per heavy atom. The van der Waals surface area contributed by atoms with Crippen molar-refractivity contribution in [2.24, 2.45) is 28.8 Å². The van der Waals surface area contributed by atoms with Gasteiger partial charge in [-0.25, -0.2) is 0 Å². The van der Waals surface area contributed by atoms with Crippen molar-refractivity contribution < 1.29 is 19.1 Å². The fourth-order valence-corrected chi connectivity index (χ4v) is 5.55. The summed E-state index contributed by atoms with van der Waals surface area (Å²) in [6.45, 7) is 2.58. The minimum absolute atomic E-state index is 0.141. The Labute approximate surface area is 208 Å². The average molecular weight is 499 g/mol. The van der Waals surface area contributed by atoms with Crippen molar-refractivity contribution in [3.05, 3.63) is 69.7 Å². The Morgan fingerprint density at radius 2 is 1.68 bits per heavy atom. The summed E-state index contributed by atoms with van der Waals surface area (Å²) in [4.78, 5) is 25.9. The van der Waals surface area contributed by atoms with Gasteiger partial charge in [0.1, 0.15) is 6.61 Å². The summed E-state index contributed by atoms with van der Waals surface area (Å²) >= 11 is 12.2. The Morgan fingerprint density at radius 3 is 2.29 bits per heavy atom. The SMILES string of the molecule is CCOc1cc(C=NN2C(=O)C3C4C=CC(CC4)C3C2=O)ccc1OCc1ccc(Cl)cc1Cl. The molecule has 0 aromatic heterocycles. The quantitative estimate of drug-likeness (QED) is 0.287. The zero-order valence-electron chi connectivity index (χ0n) is 18.6. The van der Waals surface area contributed by atoms with E-state index in [0.29, 0.717) is 33.7 Å². The molecule has 0 N–H and O–H groups in total. The molecule has 1 aliphatic heterocycles. The van der Waals surface area contributed by atoms with Crippen LogP contribution < -0.4 is 9.47 Å². The summed E-state index contributed by atoms with van der Waals surface area (Å²) in [7, 11) is 0. The number of ether oxygens (including phenoxy) is 2. The summed E-state index contributed by atoms with van der Waals surface area (Å²) in [6, 6.07) is 10.6. The first-order valence-electron chi connectivity index (χ1n) is 11.4. The van der Waals surface area contributed by atoms with Gasteiger partial charge in [-0.05, 0) is 67.5 Å². The fraction of sp³-hybridized carbons (Fsp3) is 0.346. The molecule has 1 saturated heterocycles. The molecule has 6 rings (SSSR count). The van der Waals surface area contributed by atoms with Crippen LogP contribution in [0.15, 0.2) is 53.7 Å². The molecule has 0 spiro atoms. The van der Waals surface area contributed by atoms with Gasteiger partial charge in [-0.15, -0.1) is 0 Å². The second kappa shape index (κ2) is 9.43. The highest BCUT2D eigenvalue weighted by Gasteiger charge is 2.56. The maximum atomic E-state index is 12.9. The lowest BCUT2D eigenvalue weighted by Gasteiger charge is -2.37. The van der Waals surface area contributed by atoms with Crippen molar-refractivity contribution in [1.82, 2.24) is 5.01 Å². The number of allylic oxidation sites excluding steroid dienone is 2. The van der Waals surface area contributed by atoms with Gasteiger partial charge in [-0.3, -0.25) is 9.59 Å². The number of hydrazone groups is 1. The topological polar surface area (TPSA) is 68.2 Å². The predicted molar refractivity (Wildman–Crippen MR) is 130 cm³/mol. The van der Waals surface area contributed by atoms with E-state index in [0.717, 1.165) is 23.4 Å². The first kappa shape index (κ1) is 22.9. The van der Waals surface area contributed by atoms with Crippen LogP contribution in [0.5, 0.6) is 11.5 Å². The van der Waals surface area contributed by atoms with E-state index < -0.39 is 0 Å². The number of rotatable bonds is 7. The second-order valence-corrected chi connectivity index (χ2v) is 9.58. The third-order valence-electron chi connectivity index (χ3n) is 6.72. The third-order valence-corrected chi connectivity index (χ3v) is 7.31. The molecule has 4 atom stereocenters. The molecule has 0 radical (unpaired) electrons. The molecule has 1 heterocycles. The Bertz CT molecular complexity index is 1160. The maximum absolute atomic E-state index is 12.9. The minimum Gasteiger partial charge on any atom is -0.490 e. The second-order valence-electron chi connectivity index (χ2n) is 8.74. The molecule has 1 saturated carbocycles. The zero-order chi connectivity index (χ0) is 23.8. The first-order valence-corrected chi connectivity index (χ1v) is 12.2. The molecule has 34 heavy (non-hydrogen) atoms. The summed E-state index contributed by atoms with van der Waals surface area (Å²) in [5.41, 5.74) is 1.49. The van der Waals surface area contributed by atoms with Gasteiger partial charge in [0.25, 0.3) is 11.8 Å². The van der Waals surface area contributed by atoms with E-state index in [-0.39, 0.29) is 42.1 Å². The van der Waals surface area contributed by atoms with Crippen LogP contribution >= 0.6 is 23.2 Å². The molecule has 2 amide bonds. The number of carbonyl (C=O) groups is 2. The number of hydrogen-bond donors (Lipinski definition) is 0. The lowest BCUT2D eigenvalue weighted by atomic mass is 9.63. The lowest BCUT2D eigenvalue weighted by molar-refractivity contribution is -0.140. The van der Waals surface area contributed by atoms with Crippen LogP contribution in [0, 0.1) is 23.7 Å². The molecule has 176 valence electrons. The normalized spacial score (nSPS) is 25.3. The van der Waals surface area contributed by atoms with Crippen LogP contribution in [0.25, 0.3) is 0 Å². The lowest BCUT2D eigenvalue weighted by Crippen LogP contribution is -2.38. The van der Waals surface area contributed by atoms with Gasteiger partial charge in [0, 0.05) is 15.6 Å². The molecule has 3 aliphatic carbocycles. The third kappa shape index (κ3) is 4.21. The van der Waals surface area contributed by atoms with E-state index in [1.165, 1.54) is 6.21 Å². The van der Waals surface area contributed by atoms with Crippen molar-refractivity contribution in [2.45, 2.75) is 26.4 Å². The Hall–Kier alpha value is -2.83. The van der Waals surface area contributed by atoms with E-state index in [1.807, 2.05) is 13.0 Å². The van der Waals surface area contributed by atoms with Crippen LogP contribution in [0.4, 0.5) is 0 Å². The molecule has 6 nitrogen and oxygen atoms in total. The molecule has 8 heteroatoms. The number of amides is 2. The van der Waals surface area contributed by atoms with Gasteiger partial charge in [-0.1, -0.05) is 41.4 Å². The molecule has 2 bridgehead atoms. The number of nitrogens with zero attached hydrogens (tertiary/aromatic N) is 2. The molecular formula is C26H24Cl2N2O4. The van der Waals surface area contributed by atoms with Crippen LogP contribution in [-0.2, 0) is 16.2 Å². The van der Waals surface area contributed by atoms with E-state index in [4.69, 9.17) is 32.7 Å². The van der Waals surface area contributed by atoms with Gasteiger partial charge >= 0.3 is 0 Å². The highest BCUT2D eigenvalue weighted by Crippen LogP contribution is 2.49. The van der Waals surface area contributed by atoms with Crippen molar-refractivity contribution >= 4 is 41.2 Å². The number of hydrogen-bond acceptors (Lipinski definition) is 5. The summed E-state index contributed by atoms with van der Waals surface area (Å²) in [5, 5.41) is 6.42. The highest BCUT2D eigenvalue weighted by molar-refractivity contribution is 6.35. The fourth-order valence-electron chi connectivity index (χ4n) is 5.08. The Kier molecular flexibility index (Phi) is 6.36. The van der Waals surface area contributed by atoms with Crippen molar-refractivity contribution in [2.75, 3.05) is 6.61 Å². The number of benzene rings is 2. The molecule has 4 aliphatic rings. The smallest absolute Gasteiger partial charge is 0.254 e. The van der Waals surface area contributed by atoms with Gasteiger partial charge in [0.05, 0.1) is 24.7 Å². The minimum atomic E-state index is -0.275. The molecular weight excluding hydrogens is 475 g/mol. The van der Waals surface area contributed by atoms with Crippen molar-refractivity contribution in [3.63, 3.8) is 0 Å². The van der Waals surface area contributed by atoms with E-state index in [2.05, 4.69) is 17.3 Å². The first-order chi connectivity index (χ1) is 16.5. The molecule has 2 fully saturated rings. The van der Waals surface area contributed by atoms with Gasteiger partial charge in [0.2, 0.25) is 0 Å². The van der Waals surface area contributed by atoms with Crippen molar-refractivity contribution in [1.29, 1.82) is 0 Å². The van der Waals surface area contributed by atoms with Crippen molar-refractivity contribution in [3.8, 4) is 11.5 Å². The monoisotopic (exact) mass is 498 g/mol. The number of carbonyl (C=O) groups excluding carboxylic acids is 2. The zero-order valence-corrected chi connectivity index (χ0v) is 20.1. The van der Waals surface area contributed by atoms with E-state index in [9.17, 15) is 9.59 Å².